The number of carbonyl (C=O) groups is 1. The third-order valence-electron chi connectivity index (χ3n) is 11.1. The van der Waals surface area contributed by atoms with E-state index in [0.29, 0.717) is 41.0 Å². The van der Waals surface area contributed by atoms with E-state index >= 15 is 0 Å². The van der Waals surface area contributed by atoms with Crippen LogP contribution in [0.5, 0.6) is 5.75 Å². The van der Waals surface area contributed by atoms with Crippen LogP contribution in [0.2, 0.25) is 0 Å². The quantitative estimate of drug-likeness (QED) is 0.212. The second-order valence-electron chi connectivity index (χ2n) is 14.9. The number of aromatic nitrogens is 5. The van der Waals surface area contributed by atoms with E-state index in [2.05, 4.69) is 50.4 Å². The molecule has 4 aromatic heterocycles. The average molecular weight is 667 g/mol. The predicted molar refractivity (Wildman–Crippen MR) is 194 cm³/mol. The Labute approximate surface area is 291 Å². The number of amides is 1. The lowest BCUT2D eigenvalue weighted by molar-refractivity contribution is 0.0702. The molecule has 1 saturated heterocycles. The van der Waals surface area contributed by atoms with Crippen molar-refractivity contribution in [3.8, 4) is 28.4 Å². The van der Waals surface area contributed by atoms with Gasteiger partial charge in [0.25, 0.3) is 5.91 Å². The van der Waals surface area contributed by atoms with Gasteiger partial charge in [0.15, 0.2) is 5.82 Å². The summed E-state index contributed by atoms with van der Waals surface area (Å²) in [5, 5.41) is 11.9. The Kier molecular flexibility index (Phi) is 7.31. The highest BCUT2D eigenvalue weighted by atomic mass is 16.5. The fourth-order valence-corrected chi connectivity index (χ4v) is 8.59. The molecule has 6 heterocycles. The maximum absolute atomic E-state index is 14.0. The van der Waals surface area contributed by atoms with E-state index in [4.69, 9.17) is 19.7 Å². The van der Waals surface area contributed by atoms with Gasteiger partial charge in [0.2, 0.25) is 0 Å². The number of methoxy groups -OCH3 is 1. The predicted octanol–water partition coefficient (Wildman–Crippen LogP) is 7.36. The van der Waals surface area contributed by atoms with Crippen LogP contribution in [0.1, 0.15) is 73.1 Å². The van der Waals surface area contributed by atoms with Crippen LogP contribution in [-0.4, -0.2) is 59.7 Å². The van der Waals surface area contributed by atoms with Crippen molar-refractivity contribution in [1.82, 2.24) is 29.0 Å². The number of aryl methyl sites for hydroxylation is 2. The van der Waals surface area contributed by atoms with Crippen molar-refractivity contribution in [2.45, 2.75) is 77.1 Å². The zero-order valence-corrected chi connectivity index (χ0v) is 28.9. The minimum atomic E-state index is -1.08. The molecule has 6 aromatic rings. The lowest BCUT2D eigenvalue weighted by Crippen LogP contribution is -2.37. The number of imidazole rings is 1. The van der Waals surface area contributed by atoms with Gasteiger partial charge in [0.05, 0.1) is 30.6 Å². The number of nitrogens with zero attached hydrogens (tertiary/aromatic N) is 6. The van der Waals surface area contributed by atoms with Gasteiger partial charge in [-0.25, -0.2) is 9.97 Å². The molecule has 3 aliphatic rings. The van der Waals surface area contributed by atoms with Gasteiger partial charge in [-0.05, 0) is 111 Å². The SMILES string of the molecule is COc1cc(C(=O)N2CC3CCC2C3)cc2nc3n(c12)Cc1cncc(c1)-c1ccccc1CCCCn1c-3cc2ccc(C(C)(C)O)nc21. The number of rotatable bonds is 3. The highest BCUT2D eigenvalue weighted by molar-refractivity contribution is 6.00. The summed E-state index contributed by atoms with van der Waals surface area (Å²) in [6.45, 7) is 5.60. The van der Waals surface area contributed by atoms with Crippen LogP contribution in [0, 0.1) is 5.92 Å². The summed E-state index contributed by atoms with van der Waals surface area (Å²) in [5.41, 5.74) is 8.10. The maximum Gasteiger partial charge on any atom is 0.254 e. The van der Waals surface area contributed by atoms with Gasteiger partial charge in [0, 0.05) is 48.0 Å². The first-order valence-corrected chi connectivity index (χ1v) is 17.9. The van der Waals surface area contributed by atoms with Crippen LogP contribution < -0.4 is 4.74 Å². The van der Waals surface area contributed by atoms with E-state index in [9.17, 15) is 9.90 Å². The number of hydrogen-bond acceptors (Lipinski definition) is 6. The van der Waals surface area contributed by atoms with Crippen LogP contribution in [0.15, 0.2) is 73.1 Å². The number of piperidine rings is 1. The average Bonchev–Trinajstić information content (AvgIpc) is 3.91. The molecule has 9 nitrogen and oxygen atoms in total. The van der Waals surface area contributed by atoms with Crippen molar-refractivity contribution in [3.63, 3.8) is 0 Å². The van der Waals surface area contributed by atoms with Crippen molar-refractivity contribution in [2.24, 2.45) is 5.92 Å². The Morgan fingerprint density at radius 1 is 0.980 bits per heavy atom. The third-order valence-corrected chi connectivity index (χ3v) is 11.1. The molecule has 1 aliphatic carbocycles. The van der Waals surface area contributed by atoms with E-state index in [1.807, 2.05) is 36.7 Å². The van der Waals surface area contributed by atoms with Crippen molar-refractivity contribution in [3.05, 3.63) is 95.4 Å². The van der Waals surface area contributed by atoms with Gasteiger partial charge in [0.1, 0.15) is 22.5 Å². The highest BCUT2D eigenvalue weighted by Crippen LogP contribution is 2.40. The number of ether oxygens (including phenoxy) is 1. The Hall–Kier alpha value is -5.02. The molecule has 0 radical (unpaired) electrons. The second-order valence-corrected chi connectivity index (χ2v) is 14.9. The number of pyridine rings is 2. The molecule has 9 rings (SSSR count). The molecule has 50 heavy (non-hydrogen) atoms. The van der Waals surface area contributed by atoms with Gasteiger partial charge in [-0.2, -0.15) is 0 Å². The molecule has 2 unspecified atom stereocenters. The van der Waals surface area contributed by atoms with Gasteiger partial charge in [-0.1, -0.05) is 24.3 Å². The molecule has 2 aromatic carbocycles. The number of fused-ring (bicyclic) bond motifs is 13. The molecule has 1 amide bonds. The highest BCUT2D eigenvalue weighted by Gasteiger charge is 2.40. The van der Waals surface area contributed by atoms with Crippen molar-refractivity contribution in [2.75, 3.05) is 13.7 Å². The molecule has 4 bridgehead atoms. The van der Waals surface area contributed by atoms with Crippen molar-refractivity contribution < 1.29 is 14.6 Å². The summed E-state index contributed by atoms with van der Waals surface area (Å²) in [4.78, 5) is 31.1. The molecule has 9 heteroatoms. The zero-order valence-electron chi connectivity index (χ0n) is 28.9. The summed E-state index contributed by atoms with van der Waals surface area (Å²) < 4.78 is 10.6. The molecule has 1 N–H and O–H groups in total. The smallest absolute Gasteiger partial charge is 0.254 e. The Morgan fingerprint density at radius 2 is 1.86 bits per heavy atom. The van der Waals surface area contributed by atoms with Crippen LogP contribution in [0.3, 0.4) is 0 Å². The van der Waals surface area contributed by atoms with E-state index in [1.54, 1.807) is 21.0 Å². The molecule has 254 valence electrons. The number of benzene rings is 2. The first kappa shape index (κ1) is 31.0. The molecule has 0 spiro atoms. The minimum absolute atomic E-state index is 0.0555. The molecule has 2 atom stereocenters. The van der Waals surface area contributed by atoms with Gasteiger partial charge in [-0.15, -0.1) is 0 Å². The Balaban J connectivity index is 1.27. The second kappa shape index (κ2) is 11.8. The molecular formula is C41H42N6O3. The first-order chi connectivity index (χ1) is 24.2. The monoisotopic (exact) mass is 666 g/mol. The van der Waals surface area contributed by atoms with Gasteiger partial charge < -0.3 is 23.9 Å². The minimum Gasteiger partial charge on any atom is -0.494 e. The van der Waals surface area contributed by atoms with Gasteiger partial charge in [-0.3, -0.25) is 9.78 Å². The number of carbonyl (C=O) groups excluding carboxylic acids is 1. The summed E-state index contributed by atoms with van der Waals surface area (Å²) in [6, 6.07) is 21.1. The first-order valence-electron chi connectivity index (χ1n) is 17.9. The van der Waals surface area contributed by atoms with Crippen LogP contribution in [0.25, 0.3) is 44.7 Å². The van der Waals surface area contributed by atoms with Crippen LogP contribution in [0.4, 0.5) is 0 Å². The summed E-state index contributed by atoms with van der Waals surface area (Å²) in [6.07, 6.45) is 10.1. The van der Waals surface area contributed by atoms with Crippen molar-refractivity contribution >= 4 is 28.0 Å². The number of hydrogen-bond donors (Lipinski definition) is 1. The number of aliphatic hydroxyl groups is 1. The lowest BCUT2D eigenvalue weighted by Gasteiger charge is -2.27. The normalized spacial score (nSPS) is 18.9. The fraction of sp³-hybridized carbons (Fsp3) is 0.366. The Morgan fingerprint density at radius 3 is 2.66 bits per heavy atom. The topological polar surface area (TPSA) is 98.3 Å². The maximum atomic E-state index is 14.0. The standard InChI is InChI=1S/C41H42N6O3/c1-41(2,49)36-14-12-28-19-34-39-43-33-18-29(40(48)46-23-25-11-13-31(46)17-25)20-35(50-3)37(33)47(39)24-26-16-30(22-42-21-26)32-10-5-4-8-27(32)9-6-7-15-45(34)38(28)44-36/h4-5,8,10,12,14,16,18-22,25,31,49H,6-7,9,11,13,15,17,23-24H2,1-3H3. The van der Waals surface area contributed by atoms with E-state index in [1.165, 1.54) is 17.5 Å². The lowest BCUT2D eigenvalue weighted by atomic mass is 9.96. The summed E-state index contributed by atoms with van der Waals surface area (Å²) in [7, 11) is 1.67. The van der Waals surface area contributed by atoms with Crippen LogP contribution >= 0.6 is 0 Å². The fourth-order valence-electron chi connectivity index (χ4n) is 8.59. The van der Waals surface area contributed by atoms with E-state index in [0.717, 1.165) is 84.4 Å². The summed E-state index contributed by atoms with van der Waals surface area (Å²) in [5.74, 6) is 2.06. The van der Waals surface area contributed by atoms with Crippen LogP contribution in [-0.2, 0) is 25.1 Å². The van der Waals surface area contributed by atoms with E-state index in [-0.39, 0.29) is 5.91 Å². The molecule has 2 fully saturated rings. The third kappa shape index (κ3) is 5.18. The largest absolute Gasteiger partial charge is 0.494 e. The van der Waals surface area contributed by atoms with Crippen molar-refractivity contribution in [1.29, 1.82) is 0 Å². The summed E-state index contributed by atoms with van der Waals surface area (Å²) >= 11 is 0. The zero-order chi connectivity index (χ0) is 34.1. The Bertz CT molecular complexity index is 2300. The molecule has 2 aliphatic heterocycles. The number of likely N-dealkylation sites (tertiary alicyclic amines) is 1. The van der Waals surface area contributed by atoms with E-state index < -0.39 is 5.60 Å². The molecule has 1 saturated carbocycles. The van der Waals surface area contributed by atoms with Gasteiger partial charge >= 0.3 is 0 Å². The molecular weight excluding hydrogens is 624 g/mol.